The Bertz CT molecular complexity index is 616. The van der Waals surface area contributed by atoms with Crippen molar-refractivity contribution >= 4 is 23.9 Å². The van der Waals surface area contributed by atoms with Crippen molar-refractivity contribution < 1.29 is 39.2 Å². The van der Waals surface area contributed by atoms with Gasteiger partial charge in [-0.05, 0) is 12.1 Å². The third-order valence-corrected chi connectivity index (χ3v) is 2.25. The van der Waals surface area contributed by atoms with Gasteiger partial charge in [-0.25, -0.2) is 29.0 Å². The lowest BCUT2D eigenvalue weighted by Crippen LogP contribution is -2.16. The zero-order valence-electron chi connectivity index (χ0n) is 10.6. The molecule has 0 radical (unpaired) electrons. The summed E-state index contributed by atoms with van der Waals surface area (Å²) in [5.41, 5.74) is -1.08. The molecule has 1 aromatic carbocycles. The molecular weight excluding hydrogens is 284 g/mol. The Balaban J connectivity index is 2.67. The van der Waals surface area contributed by atoms with Crippen LogP contribution in [0.5, 0.6) is 0 Å². The average Bonchev–Trinajstić information content (AvgIpc) is 2.44. The van der Waals surface area contributed by atoms with E-state index < -0.39 is 35.9 Å². The minimum atomic E-state index is -1.39. The topological polar surface area (TPSA) is 127 Å². The maximum Gasteiger partial charge on any atom is 0.387 e. The van der Waals surface area contributed by atoms with Gasteiger partial charge in [0, 0.05) is 5.57 Å². The molecule has 0 unspecified atom stereocenters. The van der Waals surface area contributed by atoms with E-state index in [2.05, 4.69) is 16.4 Å². The summed E-state index contributed by atoms with van der Waals surface area (Å²) in [7, 11) is 0. The minimum Gasteiger partial charge on any atom is -0.478 e. The molecule has 0 spiro atoms. The summed E-state index contributed by atoms with van der Waals surface area (Å²) in [4.78, 5) is 52.4. The van der Waals surface area contributed by atoms with Crippen molar-refractivity contribution in [2.24, 2.45) is 0 Å². The molecule has 8 nitrogen and oxygen atoms in total. The number of hydrogen-bond acceptors (Lipinski definition) is 6. The molecule has 110 valence electrons. The van der Waals surface area contributed by atoms with Gasteiger partial charge in [0.2, 0.25) is 0 Å². The van der Waals surface area contributed by atoms with Gasteiger partial charge < -0.3 is 10.2 Å². The second kappa shape index (κ2) is 6.85. The highest BCUT2D eigenvalue weighted by molar-refractivity contribution is 6.02. The Morgan fingerprint density at radius 1 is 1.00 bits per heavy atom. The minimum absolute atomic E-state index is 0.310. The Morgan fingerprint density at radius 2 is 1.57 bits per heavy atom. The van der Waals surface area contributed by atoms with Crippen LogP contribution in [0, 0.1) is 0 Å². The van der Waals surface area contributed by atoms with Crippen LogP contribution in [-0.4, -0.2) is 34.1 Å². The monoisotopic (exact) mass is 294 g/mol. The van der Waals surface area contributed by atoms with Gasteiger partial charge in [-0.3, -0.25) is 0 Å². The van der Waals surface area contributed by atoms with Gasteiger partial charge >= 0.3 is 23.9 Å². The van der Waals surface area contributed by atoms with Crippen LogP contribution in [0.3, 0.4) is 0 Å². The highest BCUT2D eigenvalue weighted by atomic mass is 17.2. The van der Waals surface area contributed by atoms with Crippen LogP contribution in [0.25, 0.3) is 0 Å². The largest absolute Gasteiger partial charge is 0.478 e. The van der Waals surface area contributed by atoms with Crippen molar-refractivity contribution in [2.45, 2.75) is 6.42 Å². The second-order valence-corrected chi connectivity index (χ2v) is 3.76. The molecule has 0 bridgehead atoms. The van der Waals surface area contributed by atoms with E-state index in [0.717, 1.165) is 0 Å². The van der Waals surface area contributed by atoms with Crippen LogP contribution in [0.1, 0.15) is 27.1 Å². The fourth-order valence-corrected chi connectivity index (χ4v) is 1.26. The number of carbonyl (C=O) groups excluding carboxylic acids is 2. The van der Waals surface area contributed by atoms with Crippen LogP contribution in [0.4, 0.5) is 0 Å². The molecular formula is C13H10O8. The van der Waals surface area contributed by atoms with Gasteiger partial charge in [0.05, 0.1) is 17.5 Å². The standard InChI is InChI=1S/C13H10O8/c1-7(11(15)16)6-10(14)20-21-13(19)9-5-3-2-4-8(9)12(17)18/h2-5H,1,6H2,(H,15,16)(H,17,18). The highest BCUT2D eigenvalue weighted by Crippen LogP contribution is 2.11. The SMILES string of the molecule is C=C(CC(=O)OOC(=O)c1ccccc1C(=O)O)C(=O)O. The number of aliphatic carboxylic acids is 1. The van der Waals surface area contributed by atoms with E-state index in [-0.39, 0.29) is 11.1 Å². The molecule has 0 fully saturated rings. The lowest BCUT2D eigenvalue weighted by atomic mass is 10.1. The number of carboxylic acids is 2. The Kier molecular flexibility index (Phi) is 5.18. The number of aromatic carboxylic acids is 1. The lowest BCUT2D eigenvalue weighted by molar-refractivity contribution is -0.233. The molecule has 0 saturated carbocycles. The fourth-order valence-electron chi connectivity index (χ4n) is 1.26. The molecule has 1 rings (SSSR count). The van der Waals surface area contributed by atoms with Crippen LogP contribution >= 0.6 is 0 Å². The molecule has 21 heavy (non-hydrogen) atoms. The van der Waals surface area contributed by atoms with E-state index in [1.807, 2.05) is 0 Å². The smallest absolute Gasteiger partial charge is 0.387 e. The number of carboxylic acid groups (broad SMARTS) is 2. The van der Waals surface area contributed by atoms with Gasteiger partial charge in [-0.15, -0.1) is 0 Å². The first-order valence-electron chi connectivity index (χ1n) is 5.48. The molecule has 8 heteroatoms. The first-order valence-corrected chi connectivity index (χ1v) is 5.48. The first kappa shape index (κ1) is 15.9. The second-order valence-electron chi connectivity index (χ2n) is 3.76. The molecule has 0 amide bonds. The van der Waals surface area contributed by atoms with Crippen molar-refractivity contribution in [3.8, 4) is 0 Å². The molecule has 0 saturated heterocycles. The van der Waals surface area contributed by atoms with Crippen LogP contribution < -0.4 is 0 Å². The van der Waals surface area contributed by atoms with Crippen molar-refractivity contribution in [1.82, 2.24) is 0 Å². The summed E-state index contributed by atoms with van der Waals surface area (Å²) < 4.78 is 0. The van der Waals surface area contributed by atoms with Crippen LogP contribution in [0.15, 0.2) is 36.4 Å². The molecule has 0 heterocycles. The van der Waals surface area contributed by atoms with E-state index in [9.17, 15) is 19.2 Å². The fraction of sp³-hybridized carbons (Fsp3) is 0.0769. The predicted octanol–water partition coefficient (Wildman–Crippen LogP) is 1.03. The molecule has 0 aliphatic rings. The Hall–Kier alpha value is -3.16. The maximum atomic E-state index is 11.6. The molecule has 2 N–H and O–H groups in total. The predicted molar refractivity (Wildman–Crippen MR) is 66.3 cm³/mol. The highest BCUT2D eigenvalue weighted by Gasteiger charge is 2.20. The van der Waals surface area contributed by atoms with E-state index >= 15 is 0 Å². The summed E-state index contributed by atoms with van der Waals surface area (Å²) in [5.74, 6) is -5.09. The van der Waals surface area contributed by atoms with Crippen LogP contribution in [0.2, 0.25) is 0 Å². The average molecular weight is 294 g/mol. The van der Waals surface area contributed by atoms with Gasteiger partial charge in [0.1, 0.15) is 0 Å². The summed E-state index contributed by atoms with van der Waals surface area (Å²) in [6.45, 7) is 3.10. The quantitative estimate of drug-likeness (QED) is 0.468. The van der Waals surface area contributed by atoms with Gasteiger partial charge in [-0.1, -0.05) is 18.7 Å². The van der Waals surface area contributed by atoms with Crippen molar-refractivity contribution in [3.63, 3.8) is 0 Å². The molecule has 0 atom stereocenters. The number of carbonyl (C=O) groups is 4. The van der Waals surface area contributed by atoms with E-state index in [4.69, 9.17) is 10.2 Å². The number of hydrogen-bond donors (Lipinski definition) is 2. The molecule has 0 aliphatic carbocycles. The van der Waals surface area contributed by atoms with Crippen molar-refractivity contribution in [2.75, 3.05) is 0 Å². The number of benzene rings is 1. The number of rotatable bonds is 5. The maximum absolute atomic E-state index is 11.6. The summed E-state index contributed by atoms with van der Waals surface area (Å²) in [6.07, 6.45) is -0.677. The summed E-state index contributed by atoms with van der Waals surface area (Å²) >= 11 is 0. The Labute approximate surface area is 118 Å². The molecule has 0 aromatic heterocycles. The molecule has 1 aromatic rings. The van der Waals surface area contributed by atoms with E-state index in [1.165, 1.54) is 24.3 Å². The Morgan fingerprint density at radius 3 is 2.10 bits per heavy atom. The zero-order valence-corrected chi connectivity index (χ0v) is 10.6. The van der Waals surface area contributed by atoms with Gasteiger partial charge in [0.25, 0.3) is 0 Å². The lowest BCUT2D eigenvalue weighted by Gasteiger charge is -2.05. The van der Waals surface area contributed by atoms with Crippen molar-refractivity contribution in [1.29, 1.82) is 0 Å². The van der Waals surface area contributed by atoms with Gasteiger partial charge in [-0.2, -0.15) is 0 Å². The van der Waals surface area contributed by atoms with Crippen molar-refractivity contribution in [3.05, 3.63) is 47.5 Å². The zero-order chi connectivity index (χ0) is 16.0. The van der Waals surface area contributed by atoms with E-state index in [1.54, 1.807) is 0 Å². The third-order valence-electron chi connectivity index (χ3n) is 2.25. The normalized spacial score (nSPS) is 9.52. The first-order chi connectivity index (χ1) is 9.82. The summed E-state index contributed by atoms with van der Waals surface area (Å²) in [6, 6.07) is 5.16. The molecule has 0 aliphatic heterocycles. The summed E-state index contributed by atoms with van der Waals surface area (Å²) in [5, 5.41) is 17.4. The van der Waals surface area contributed by atoms with Gasteiger partial charge in [0.15, 0.2) is 0 Å². The van der Waals surface area contributed by atoms with E-state index in [0.29, 0.717) is 0 Å². The third kappa shape index (κ3) is 4.46. The van der Waals surface area contributed by atoms with Crippen LogP contribution in [-0.2, 0) is 19.4 Å².